The summed E-state index contributed by atoms with van der Waals surface area (Å²) in [6.45, 7) is 3.90. The van der Waals surface area contributed by atoms with Crippen LogP contribution in [0.3, 0.4) is 0 Å². The molecule has 1 heterocycles. The average Bonchev–Trinajstić information content (AvgIpc) is 2.75. The Kier molecular flexibility index (Phi) is 7.62. The molecule has 9 heteroatoms. The largest absolute Gasteiger partial charge is 0.484 e. The Balaban J connectivity index is 1.55. The second kappa shape index (κ2) is 10.4. The zero-order chi connectivity index (χ0) is 21.5. The van der Waals surface area contributed by atoms with Crippen LogP contribution < -0.4 is 15.4 Å². The lowest BCUT2D eigenvalue weighted by Gasteiger charge is -2.27. The summed E-state index contributed by atoms with van der Waals surface area (Å²) in [6, 6.07) is 12.2. The minimum absolute atomic E-state index is 0.0605. The van der Waals surface area contributed by atoms with Crippen molar-refractivity contribution >= 4 is 46.4 Å². The van der Waals surface area contributed by atoms with Gasteiger partial charge in [-0.25, -0.2) is 0 Å². The molecule has 0 spiro atoms. The van der Waals surface area contributed by atoms with Gasteiger partial charge in [0.25, 0.3) is 11.8 Å². The summed E-state index contributed by atoms with van der Waals surface area (Å²) in [7, 11) is 0. The number of ether oxygens (including phenoxy) is 2. The molecule has 0 bridgehead atoms. The number of aryl methyl sites for hydroxylation is 1. The number of anilines is 1. The fourth-order valence-corrected chi connectivity index (χ4v) is 3.19. The normalized spacial score (nSPS) is 13.5. The van der Waals surface area contributed by atoms with Gasteiger partial charge >= 0.3 is 0 Å². The van der Waals surface area contributed by atoms with Crippen LogP contribution in [0.15, 0.2) is 42.5 Å². The smallest absolute Gasteiger partial charge is 0.264 e. The van der Waals surface area contributed by atoms with Gasteiger partial charge in [-0.05, 0) is 49.5 Å². The molecule has 2 N–H and O–H groups in total. The molecule has 0 aliphatic carbocycles. The Labute approximate surface area is 185 Å². The molecular formula is C21H22ClN3O4S. The van der Waals surface area contributed by atoms with E-state index in [0.717, 1.165) is 5.56 Å². The molecule has 0 atom stereocenters. The Hall–Kier alpha value is -2.68. The zero-order valence-electron chi connectivity index (χ0n) is 16.4. The van der Waals surface area contributed by atoms with E-state index in [1.165, 1.54) is 0 Å². The Morgan fingerprint density at radius 1 is 1.17 bits per heavy atom. The maximum Gasteiger partial charge on any atom is 0.264 e. The van der Waals surface area contributed by atoms with Crippen LogP contribution in [0.5, 0.6) is 5.75 Å². The van der Waals surface area contributed by atoms with Crippen molar-refractivity contribution in [3.05, 3.63) is 58.6 Å². The van der Waals surface area contributed by atoms with E-state index >= 15 is 0 Å². The Morgan fingerprint density at radius 3 is 2.57 bits per heavy atom. The number of morpholine rings is 1. The Morgan fingerprint density at radius 2 is 1.87 bits per heavy atom. The first-order valence-electron chi connectivity index (χ1n) is 9.39. The summed E-state index contributed by atoms with van der Waals surface area (Å²) in [5.74, 6) is 0.0659. The number of nitrogens with zero attached hydrogens (tertiary/aromatic N) is 1. The van der Waals surface area contributed by atoms with E-state index in [1.807, 2.05) is 19.1 Å². The standard InChI is InChI=1S/C21H22ClN3O4S/c1-14-2-5-16(6-3-14)29-13-19(26)24-21(30)23-18-12-15(4-7-17(18)22)20(27)25-8-10-28-11-9-25/h2-7,12H,8-11,13H2,1H3,(H2,23,24,26,30). The molecule has 2 aromatic rings. The molecule has 3 rings (SSSR count). The lowest BCUT2D eigenvalue weighted by Crippen LogP contribution is -2.40. The predicted molar refractivity (Wildman–Crippen MR) is 119 cm³/mol. The molecule has 0 saturated carbocycles. The first kappa shape index (κ1) is 22.0. The predicted octanol–water partition coefficient (Wildman–Crippen LogP) is 3.01. The quantitative estimate of drug-likeness (QED) is 0.686. The Bertz CT molecular complexity index is 930. The maximum atomic E-state index is 12.6. The van der Waals surface area contributed by atoms with E-state index < -0.39 is 5.91 Å². The van der Waals surface area contributed by atoms with Crippen LogP contribution in [0.4, 0.5) is 5.69 Å². The van der Waals surface area contributed by atoms with Crippen LogP contribution in [0, 0.1) is 6.92 Å². The zero-order valence-corrected chi connectivity index (χ0v) is 18.0. The van der Waals surface area contributed by atoms with Gasteiger partial charge in [0.15, 0.2) is 11.7 Å². The van der Waals surface area contributed by atoms with Crippen molar-refractivity contribution in [2.45, 2.75) is 6.92 Å². The molecule has 0 aromatic heterocycles. The average molecular weight is 448 g/mol. The first-order chi connectivity index (χ1) is 14.4. The summed E-state index contributed by atoms with van der Waals surface area (Å²) < 4.78 is 10.7. The molecule has 0 radical (unpaired) electrons. The van der Waals surface area contributed by atoms with Gasteiger partial charge in [0, 0.05) is 18.7 Å². The van der Waals surface area contributed by atoms with Gasteiger partial charge in [-0.15, -0.1) is 0 Å². The summed E-state index contributed by atoms with van der Waals surface area (Å²) in [4.78, 5) is 26.5. The topological polar surface area (TPSA) is 79.9 Å². The number of thiocarbonyl (C=S) groups is 1. The molecule has 158 valence electrons. The first-order valence-corrected chi connectivity index (χ1v) is 10.2. The van der Waals surface area contributed by atoms with Crippen LogP contribution >= 0.6 is 23.8 Å². The minimum Gasteiger partial charge on any atom is -0.484 e. The van der Waals surface area contributed by atoms with Gasteiger partial charge in [-0.1, -0.05) is 29.3 Å². The lowest BCUT2D eigenvalue weighted by atomic mass is 10.1. The van der Waals surface area contributed by atoms with Gasteiger partial charge in [0.1, 0.15) is 5.75 Å². The van der Waals surface area contributed by atoms with Crippen molar-refractivity contribution in [2.24, 2.45) is 0 Å². The molecule has 1 aliphatic heterocycles. The highest BCUT2D eigenvalue weighted by atomic mass is 35.5. The molecule has 7 nitrogen and oxygen atoms in total. The lowest BCUT2D eigenvalue weighted by molar-refractivity contribution is -0.121. The van der Waals surface area contributed by atoms with E-state index in [0.29, 0.717) is 48.3 Å². The second-order valence-electron chi connectivity index (χ2n) is 6.70. The van der Waals surface area contributed by atoms with E-state index in [2.05, 4.69) is 10.6 Å². The van der Waals surface area contributed by atoms with E-state index in [-0.39, 0.29) is 17.6 Å². The fourth-order valence-electron chi connectivity index (χ4n) is 2.80. The van der Waals surface area contributed by atoms with Crippen LogP contribution in [0.25, 0.3) is 0 Å². The number of benzene rings is 2. The SMILES string of the molecule is Cc1ccc(OCC(=O)NC(=S)Nc2cc(C(=O)N3CCOCC3)ccc2Cl)cc1. The van der Waals surface area contributed by atoms with Crippen molar-refractivity contribution in [3.8, 4) is 5.75 Å². The van der Waals surface area contributed by atoms with Crippen molar-refractivity contribution in [2.75, 3.05) is 38.2 Å². The number of hydrogen-bond donors (Lipinski definition) is 2. The van der Waals surface area contributed by atoms with Gasteiger partial charge in [0.05, 0.1) is 23.9 Å². The van der Waals surface area contributed by atoms with Crippen molar-refractivity contribution in [3.63, 3.8) is 0 Å². The van der Waals surface area contributed by atoms with E-state index in [4.69, 9.17) is 33.3 Å². The van der Waals surface area contributed by atoms with Gasteiger partial charge in [0.2, 0.25) is 0 Å². The molecular weight excluding hydrogens is 426 g/mol. The molecule has 30 heavy (non-hydrogen) atoms. The summed E-state index contributed by atoms with van der Waals surface area (Å²) >= 11 is 11.4. The summed E-state index contributed by atoms with van der Waals surface area (Å²) in [6.07, 6.45) is 0. The third-order valence-corrected chi connectivity index (χ3v) is 4.94. The maximum absolute atomic E-state index is 12.6. The number of amides is 2. The molecule has 2 aromatic carbocycles. The minimum atomic E-state index is -0.412. The van der Waals surface area contributed by atoms with Crippen molar-refractivity contribution in [1.82, 2.24) is 10.2 Å². The summed E-state index contributed by atoms with van der Waals surface area (Å²) in [5.41, 5.74) is 2.00. The number of halogens is 1. The number of carbonyl (C=O) groups excluding carboxylic acids is 2. The second-order valence-corrected chi connectivity index (χ2v) is 7.52. The highest BCUT2D eigenvalue weighted by Gasteiger charge is 2.19. The third kappa shape index (κ3) is 6.16. The number of rotatable bonds is 5. The summed E-state index contributed by atoms with van der Waals surface area (Å²) in [5, 5.41) is 5.83. The molecule has 1 fully saturated rings. The van der Waals surface area contributed by atoms with Gasteiger partial charge in [-0.3, -0.25) is 14.9 Å². The van der Waals surface area contributed by atoms with Crippen molar-refractivity contribution in [1.29, 1.82) is 0 Å². The van der Waals surface area contributed by atoms with E-state index in [9.17, 15) is 9.59 Å². The number of nitrogens with one attached hydrogen (secondary N) is 2. The monoisotopic (exact) mass is 447 g/mol. The van der Waals surface area contributed by atoms with Gasteiger partial charge in [-0.2, -0.15) is 0 Å². The van der Waals surface area contributed by atoms with Crippen LogP contribution in [-0.4, -0.2) is 54.7 Å². The highest BCUT2D eigenvalue weighted by molar-refractivity contribution is 7.80. The van der Waals surface area contributed by atoms with Crippen LogP contribution in [0.1, 0.15) is 15.9 Å². The molecule has 1 saturated heterocycles. The number of carbonyl (C=O) groups is 2. The highest BCUT2D eigenvalue weighted by Crippen LogP contribution is 2.24. The number of hydrogen-bond acceptors (Lipinski definition) is 5. The van der Waals surface area contributed by atoms with Crippen LogP contribution in [0.2, 0.25) is 5.02 Å². The molecule has 2 amide bonds. The van der Waals surface area contributed by atoms with Crippen LogP contribution in [-0.2, 0) is 9.53 Å². The van der Waals surface area contributed by atoms with Gasteiger partial charge < -0.3 is 19.7 Å². The van der Waals surface area contributed by atoms with Crippen molar-refractivity contribution < 1.29 is 19.1 Å². The van der Waals surface area contributed by atoms with E-state index in [1.54, 1.807) is 35.2 Å². The fraction of sp³-hybridized carbons (Fsp3) is 0.286. The molecule has 1 aliphatic rings. The third-order valence-electron chi connectivity index (χ3n) is 4.40. The molecule has 0 unspecified atom stereocenters.